The summed E-state index contributed by atoms with van der Waals surface area (Å²) < 4.78 is 12.1. The molecular weight excluding hydrogens is 472 g/mol. The van der Waals surface area contributed by atoms with Gasteiger partial charge in [-0.1, -0.05) is 0 Å². The quantitative estimate of drug-likeness (QED) is 0.375. The number of nitrogens with one attached hydrogen (secondary N) is 2. The topological polar surface area (TPSA) is 165 Å². The van der Waals surface area contributed by atoms with Crippen molar-refractivity contribution in [2.75, 3.05) is 26.5 Å². The number of rotatable bonds is 9. The number of nitriles is 1. The van der Waals surface area contributed by atoms with Crippen LogP contribution in [-0.4, -0.2) is 46.0 Å². The summed E-state index contributed by atoms with van der Waals surface area (Å²) in [5.41, 5.74) is 7.97. The van der Waals surface area contributed by atoms with Crippen molar-refractivity contribution in [3.05, 3.63) is 52.8 Å². The third kappa shape index (κ3) is 5.28. The van der Waals surface area contributed by atoms with E-state index in [1.807, 2.05) is 0 Å². The van der Waals surface area contributed by atoms with Crippen molar-refractivity contribution in [2.45, 2.75) is 19.8 Å². The summed E-state index contributed by atoms with van der Waals surface area (Å²) in [6.45, 7) is 2.13. The van der Waals surface area contributed by atoms with E-state index in [4.69, 9.17) is 20.6 Å². The van der Waals surface area contributed by atoms with E-state index in [1.54, 1.807) is 38.4 Å². The highest BCUT2D eigenvalue weighted by Crippen LogP contribution is 2.44. The number of ether oxygens (including phenoxy) is 2. The first-order chi connectivity index (χ1) is 17.7. The van der Waals surface area contributed by atoms with E-state index in [2.05, 4.69) is 26.3 Å². The number of aryl methyl sites for hydroxylation is 1. The van der Waals surface area contributed by atoms with Crippen LogP contribution in [0.25, 0.3) is 28.2 Å². The second-order valence-corrected chi connectivity index (χ2v) is 8.94. The van der Waals surface area contributed by atoms with Crippen molar-refractivity contribution < 1.29 is 9.47 Å². The first kappa shape index (κ1) is 25.4. The van der Waals surface area contributed by atoms with Gasteiger partial charge >= 0.3 is 0 Å². The van der Waals surface area contributed by atoms with Gasteiger partial charge in [0, 0.05) is 48.9 Å². The predicted octanol–water partition coefficient (Wildman–Crippen LogP) is 2.78. The molecule has 0 radical (unpaired) electrons. The van der Waals surface area contributed by atoms with E-state index in [9.17, 15) is 10.1 Å². The largest absolute Gasteiger partial charge is 0.497 e. The number of aromatic nitrogens is 4. The lowest BCUT2D eigenvalue weighted by Crippen LogP contribution is -2.21. The summed E-state index contributed by atoms with van der Waals surface area (Å²) in [6.07, 6.45) is 6.41. The Hall–Kier alpha value is -4.72. The second-order valence-electron chi connectivity index (χ2n) is 8.94. The molecule has 0 saturated heterocycles. The molecule has 0 atom stereocenters. The molecule has 0 spiro atoms. The molecule has 0 aliphatic heterocycles. The third-order valence-corrected chi connectivity index (χ3v) is 6.20. The van der Waals surface area contributed by atoms with Crippen LogP contribution in [0, 0.1) is 22.2 Å². The summed E-state index contributed by atoms with van der Waals surface area (Å²) in [4.78, 5) is 26.5. The van der Waals surface area contributed by atoms with Gasteiger partial charge in [0.15, 0.2) is 5.82 Å². The van der Waals surface area contributed by atoms with Crippen LogP contribution in [0.5, 0.6) is 11.5 Å². The van der Waals surface area contributed by atoms with Gasteiger partial charge in [0.25, 0.3) is 5.56 Å². The molecule has 4 rings (SSSR count). The molecule has 2 aromatic heterocycles. The minimum absolute atomic E-state index is 0.125. The summed E-state index contributed by atoms with van der Waals surface area (Å²) >= 11 is 0. The number of hydrogen-bond acceptors (Lipinski definition) is 10. The van der Waals surface area contributed by atoms with E-state index >= 15 is 0 Å². The molecule has 3 aromatic rings. The van der Waals surface area contributed by atoms with Crippen molar-refractivity contribution in [3.63, 3.8) is 0 Å². The zero-order chi connectivity index (χ0) is 26.7. The zero-order valence-electron chi connectivity index (χ0n) is 21.1. The van der Waals surface area contributed by atoms with Crippen LogP contribution in [-0.2, 0) is 7.05 Å². The molecule has 190 valence electrons. The maximum absolute atomic E-state index is 13.0. The monoisotopic (exact) mass is 500 g/mol. The Morgan fingerprint density at radius 3 is 2.49 bits per heavy atom. The molecule has 11 nitrogen and oxygen atoms in total. The normalized spacial score (nSPS) is 14.0. The SMILES string of the molecule is COc1cc(OC)cc(-c2nc(-c3nc(/C(=C/NCC4(C#N)CC4)C(C)=N)cnc3N)cn(C)c2=O)c1. The number of anilines is 1. The minimum atomic E-state index is -0.340. The van der Waals surface area contributed by atoms with Gasteiger partial charge in [0.2, 0.25) is 0 Å². The van der Waals surface area contributed by atoms with E-state index < -0.39 is 0 Å². The Morgan fingerprint density at radius 2 is 1.92 bits per heavy atom. The molecule has 1 aromatic carbocycles. The number of nitrogens with two attached hydrogens (primary N) is 1. The lowest BCUT2D eigenvalue weighted by atomic mass is 10.1. The molecule has 11 heteroatoms. The minimum Gasteiger partial charge on any atom is -0.497 e. The van der Waals surface area contributed by atoms with Crippen molar-refractivity contribution in [1.29, 1.82) is 10.7 Å². The number of hydrogen-bond donors (Lipinski definition) is 3. The van der Waals surface area contributed by atoms with E-state index in [1.165, 1.54) is 31.2 Å². The Balaban J connectivity index is 1.77. The number of methoxy groups -OCH3 is 2. The van der Waals surface area contributed by atoms with Crippen LogP contribution >= 0.6 is 0 Å². The predicted molar refractivity (Wildman–Crippen MR) is 140 cm³/mol. The molecular formula is C26H28N8O3. The van der Waals surface area contributed by atoms with E-state index in [-0.39, 0.29) is 33.9 Å². The van der Waals surface area contributed by atoms with Crippen LogP contribution in [0.15, 0.2) is 41.6 Å². The van der Waals surface area contributed by atoms with Gasteiger partial charge in [-0.05, 0) is 31.9 Å². The van der Waals surface area contributed by atoms with Crippen LogP contribution in [0.3, 0.4) is 0 Å². The van der Waals surface area contributed by atoms with Gasteiger partial charge in [-0.2, -0.15) is 5.26 Å². The van der Waals surface area contributed by atoms with Crippen LogP contribution in [0.2, 0.25) is 0 Å². The summed E-state index contributed by atoms with van der Waals surface area (Å²) in [5.74, 6) is 1.15. The van der Waals surface area contributed by atoms with E-state index in [0.29, 0.717) is 40.6 Å². The summed E-state index contributed by atoms with van der Waals surface area (Å²) in [5, 5.41) is 20.7. The average Bonchev–Trinajstić information content (AvgIpc) is 3.68. The lowest BCUT2D eigenvalue weighted by Gasteiger charge is -2.13. The first-order valence-corrected chi connectivity index (χ1v) is 11.5. The molecule has 1 saturated carbocycles. The van der Waals surface area contributed by atoms with E-state index in [0.717, 1.165) is 12.8 Å². The summed E-state index contributed by atoms with van der Waals surface area (Å²) in [6, 6.07) is 7.43. The Morgan fingerprint density at radius 1 is 1.24 bits per heavy atom. The molecule has 0 amide bonds. The molecule has 1 aliphatic rings. The molecule has 4 N–H and O–H groups in total. The van der Waals surface area contributed by atoms with Gasteiger partial charge < -0.3 is 30.5 Å². The highest BCUT2D eigenvalue weighted by atomic mass is 16.5. The Bertz CT molecular complexity index is 1480. The molecule has 2 heterocycles. The maximum Gasteiger partial charge on any atom is 0.276 e. The van der Waals surface area contributed by atoms with Gasteiger partial charge in [-0.3, -0.25) is 4.79 Å². The van der Waals surface area contributed by atoms with Gasteiger partial charge in [0.1, 0.15) is 28.6 Å². The second kappa shape index (κ2) is 10.1. The number of allylic oxidation sites excluding steroid dienone is 1. The van der Waals surface area contributed by atoms with Crippen molar-refractivity contribution in [1.82, 2.24) is 24.8 Å². The highest BCUT2D eigenvalue weighted by Gasteiger charge is 2.42. The fourth-order valence-electron chi connectivity index (χ4n) is 3.77. The standard InChI is InChI=1S/C26H28N8O3/c1-15(28)19(10-30-14-26(13-27)5-6-26)20-11-31-24(29)23(32-20)21-12-34(2)25(35)22(33-21)16-7-17(36-3)9-18(8-16)37-4/h7-12,28,30H,5-6,14H2,1-4H3,(H2,29,31)/b19-10+,28-15?. The van der Waals surface area contributed by atoms with Crippen LogP contribution in [0.1, 0.15) is 25.5 Å². The van der Waals surface area contributed by atoms with Crippen molar-refractivity contribution >= 4 is 17.1 Å². The molecule has 0 bridgehead atoms. The van der Waals surface area contributed by atoms with Crippen molar-refractivity contribution in [3.8, 4) is 40.2 Å². The number of nitrogen functional groups attached to an aromatic ring is 1. The first-order valence-electron chi connectivity index (χ1n) is 11.5. The molecule has 0 unspecified atom stereocenters. The fraction of sp³-hybridized carbons (Fsp3) is 0.308. The number of benzene rings is 1. The number of nitrogens with zero attached hydrogens (tertiary/aromatic N) is 5. The molecule has 37 heavy (non-hydrogen) atoms. The van der Waals surface area contributed by atoms with Gasteiger partial charge in [-0.15, -0.1) is 0 Å². The van der Waals surface area contributed by atoms with Crippen LogP contribution < -0.4 is 26.1 Å². The fourth-order valence-corrected chi connectivity index (χ4v) is 3.77. The molecule has 1 aliphatic carbocycles. The van der Waals surface area contributed by atoms with Gasteiger partial charge in [0.05, 0.1) is 37.6 Å². The summed E-state index contributed by atoms with van der Waals surface area (Å²) in [7, 11) is 4.67. The highest BCUT2D eigenvalue weighted by molar-refractivity contribution is 6.20. The average molecular weight is 501 g/mol. The Labute approximate surface area is 214 Å². The smallest absolute Gasteiger partial charge is 0.276 e. The molecule has 1 fully saturated rings. The van der Waals surface area contributed by atoms with Gasteiger partial charge in [-0.25, -0.2) is 15.0 Å². The zero-order valence-corrected chi connectivity index (χ0v) is 21.1. The van der Waals surface area contributed by atoms with Crippen LogP contribution in [0.4, 0.5) is 5.82 Å². The Kier molecular flexibility index (Phi) is 6.93. The third-order valence-electron chi connectivity index (χ3n) is 6.20. The van der Waals surface area contributed by atoms with Crippen molar-refractivity contribution in [2.24, 2.45) is 12.5 Å². The maximum atomic E-state index is 13.0. The lowest BCUT2D eigenvalue weighted by molar-refractivity contribution is 0.394.